The van der Waals surface area contributed by atoms with Crippen molar-refractivity contribution in [3.8, 4) is 5.75 Å². The summed E-state index contributed by atoms with van der Waals surface area (Å²) in [6, 6.07) is 11.8. The molecule has 1 amide bonds. The van der Waals surface area contributed by atoms with Gasteiger partial charge in [-0.25, -0.2) is 0 Å². The van der Waals surface area contributed by atoms with E-state index in [1.807, 2.05) is 49.0 Å². The first-order chi connectivity index (χ1) is 14.6. The normalized spacial score (nSPS) is 16.7. The Balaban J connectivity index is 1.36. The molecule has 4 nitrogen and oxygen atoms in total. The SMILES string of the molecule is Cc1cc(CN2CCSCC2)ccc1NC(=O)/C=C/C1=Cc2cc(Cl)ccc2OC1. The topological polar surface area (TPSA) is 41.6 Å². The third kappa shape index (κ3) is 5.48. The van der Waals surface area contributed by atoms with Gasteiger partial charge in [-0.15, -0.1) is 0 Å². The van der Waals surface area contributed by atoms with Gasteiger partial charge in [-0.05, 0) is 54.0 Å². The van der Waals surface area contributed by atoms with Crippen LogP contribution in [0.15, 0.2) is 54.1 Å². The minimum Gasteiger partial charge on any atom is -0.488 e. The van der Waals surface area contributed by atoms with Gasteiger partial charge in [0.05, 0.1) is 0 Å². The van der Waals surface area contributed by atoms with Gasteiger partial charge < -0.3 is 10.1 Å². The first-order valence-electron chi connectivity index (χ1n) is 10.1. The van der Waals surface area contributed by atoms with Gasteiger partial charge in [0.1, 0.15) is 12.4 Å². The molecule has 1 fully saturated rings. The molecule has 2 aliphatic heterocycles. The molecule has 1 saturated heterocycles. The Kier molecular flexibility index (Phi) is 6.82. The Morgan fingerprint density at radius 3 is 2.87 bits per heavy atom. The first-order valence-corrected chi connectivity index (χ1v) is 11.6. The second-order valence-corrected chi connectivity index (χ2v) is 9.21. The summed E-state index contributed by atoms with van der Waals surface area (Å²) in [4.78, 5) is 14.9. The number of carbonyl (C=O) groups excluding carboxylic acids is 1. The Hall–Kier alpha value is -2.21. The summed E-state index contributed by atoms with van der Waals surface area (Å²) >= 11 is 8.07. The molecule has 0 unspecified atom stereocenters. The van der Waals surface area contributed by atoms with Crippen molar-refractivity contribution in [1.29, 1.82) is 0 Å². The van der Waals surface area contributed by atoms with Crippen LogP contribution >= 0.6 is 23.4 Å². The number of ether oxygens (including phenoxy) is 1. The van der Waals surface area contributed by atoms with Crippen molar-refractivity contribution in [2.75, 3.05) is 36.5 Å². The molecule has 2 aromatic rings. The summed E-state index contributed by atoms with van der Waals surface area (Å²) < 4.78 is 5.72. The number of rotatable bonds is 5. The van der Waals surface area contributed by atoms with E-state index >= 15 is 0 Å². The number of nitrogens with zero attached hydrogens (tertiary/aromatic N) is 1. The van der Waals surface area contributed by atoms with E-state index in [0.29, 0.717) is 11.6 Å². The fourth-order valence-corrected chi connectivity index (χ4v) is 4.76. The Labute approximate surface area is 186 Å². The highest BCUT2D eigenvalue weighted by molar-refractivity contribution is 7.99. The molecule has 0 aromatic heterocycles. The highest BCUT2D eigenvalue weighted by Crippen LogP contribution is 2.29. The average Bonchev–Trinajstić information content (AvgIpc) is 2.74. The van der Waals surface area contributed by atoms with E-state index in [4.69, 9.17) is 16.3 Å². The lowest BCUT2D eigenvalue weighted by Gasteiger charge is -2.26. The van der Waals surface area contributed by atoms with E-state index in [1.54, 1.807) is 12.2 Å². The van der Waals surface area contributed by atoms with Crippen molar-refractivity contribution in [2.24, 2.45) is 0 Å². The van der Waals surface area contributed by atoms with E-state index in [1.165, 1.54) is 17.1 Å². The first kappa shape index (κ1) is 21.0. The van der Waals surface area contributed by atoms with Crippen LogP contribution in [-0.4, -0.2) is 42.0 Å². The molecule has 0 radical (unpaired) electrons. The summed E-state index contributed by atoms with van der Waals surface area (Å²) in [5.74, 6) is 3.07. The third-order valence-corrected chi connectivity index (χ3v) is 6.39. The van der Waals surface area contributed by atoms with Crippen molar-refractivity contribution in [1.82, 2.24) is 4.90 Å². The van der Waals surface area contributed by atoms with Crippen LogP contribution < -0.4 is 10.1 Å². The van der Waals surface area contributed by atoms with Crippen molar-refractivity contribution >= 4 is 41.0 Å². The Bertz CT molecular complexity index is 997. The standard InChI is InChI=1S/C24H25ClN2O2S/c1-17-12-18(15-27-8-10-30-11-9-27)2-5-22(17)26-24(28)7-3-19-13-20-14-21(25)4-6-23(20)29-16-19/h2-7,12-14H,8-11,15-16H2,1H3,(H,26,28)/b7-3+. The van der Waals surface area contributed by atoms with Crippen molar-refractivity contribution in [3.63, 3.8) is 0 Å². The second kappa shape index (κ2) is 9.73. The number of aryl methyl sites for hydroxylation is 1. The van der Waals surface area contributed by atoms with Crippen LogP contribution in [0, 0.1) is 6.92 Å². The number of amides is 1. The van der Waals surface area contributed by atoms with Crippen molar-refractivity contribution in [2.45, 2.75) is 13.5 Å². The van der Waals surface area contributed by atoms with Crippen LogP contribution in [-0.2, 0) is 11.3 Å². The van der Waals surface area contributed by atoms with E-state index < -0.39 is 0 Å². The molecule has 0 saturated carbocycles. The second-order valence-electron chi connectivity index (χ2n) is 7.55. The summed E-state index contributed by atoms with van der Waals surface area (Å²) in [7, 11) is 0. The smallest absolute Gasteiger partial charge is 0.248 e. The molecular formula is C24H25ClN2O2S. The van der Waals surface area contributed by atoms with Crippen molar-refractivity contribution < 1.29 is 9.53 Å². The number of hydrogen-bond donors (Lipinski definition) is 1. The molecule has 0 aliphatic carbocycles. The number of hydrogen-bond acceptors (Lipinski definition) is 4. The number of carbonyl (C=O) groups is 1. The van der Waals surface area contributed by atoms with E-state index in [9.17, 15) is 4.79 Å². The fraction of sp³-hybridized carbons (Fsp3) is 0.292. The number of thioether (sulfide) groups is 1. The van der Waals surface area contributed by atoms with Gasteiger partial charge in [0.15, 0.2) is 0 Å². The van der Waals surface area contributed by atoms with E-state index in [2.05, 4.69) is 22.3 Å². The van der Waals surface area contributed by atoms with Crippen LogP contribution in [0.25, 0.3) is 6.08 Å². The highest BCUT2D eigenvalue weighted by Gasteiger charge is 2.12. The molecule has 0 spiro atoms. The molecule has 2 aromatic carbocycles. The van der Waals surface area contributed by atoms with Crippen LogP contribution in [0.4, 0.5) is 5.69 Å². The number of benzene rings is 2. The highest BCUT2D eigenvalue weighted by atomic mass is 35.5. The number of anilines is 1. The molecule has 0 atom stereocenters. The quantitative estimate of drug-likeness (QED) is 0.651. The predicted octanol–water partition coefficient (Wildman–Crippen LogP) is 5.17. The molecule has 2 aliphatic rings. The van der Waals surface area contributed by atoms with E-state index in [0.717, 1.165) is 47.8 Å². The molecule has 30 heavy (non-hydrogen) atoms. The molecule has 4 rings (SSSR count). The monoisotopic (exact) mass is 440 g/mol. The lowest BCUT2D eigenvalue weighted by molar-refractivity contribution is -0.111. The zero-order chi connectivity index (χ0) is 20.9. The maximum Gasteiger partial charge on any atom is 0.248 e. The third-order valence-electron chi connectivity index (χ3n) is 5.21. The minimum atomic E-state index is -0.156. The summed E-state index contributed by atoms with van der Waals surface area (Å²) in [5, 5.41) is 3.64. The van der Waals surface area contributed by atoms with E-state index in [-0.39, 0.29) is 5.91 Å². The molecular weight excluding hydrogens is 416 g/mol. The zero-order valence-corrected chi connectivity index (χ0v) is 18.6. The zero-order valence-electron chi connectivity index (χ0n) is 17.0. The summed E-state index contributed by atoms with van der Waals surface area (Å²) in [6.07, 6.45) is 5.33. The Morgan fingerprint density at radius 1 is 1.23 bits per heavy atom. The largest absolute Gasteiger partial charge is 0.488 e. The lowest BCUT2D eigenvalue weighted by atomic mass is 10.1. The van der Waals surface area contributed by atoms with Crippen LogP contribution in [0.2, 0.25) is 5.02 Å². The molecule has 156 valence electrons. The maximum absolute atomic E-state index is 12.4. The molecule has 6 heteroatoms. The summed E-state index contributed by atoms with van der Waals surface area (Å²) in [6.45, 7) is 5.72. The van der Waals surface area contributed by atoms with Crippen molar-refractivity contribution in [3.05, 3.63) is 75.8 Å². The minimum absolute atomic E-state index is 0.156. The van der Waals surface area contributed by atoms with Crippen LogP contribution in [0.3, 0.4) is 0 Å². The van der Waals surface area contributed by atoms with Gasteiger partial charge >= 0.3 is 0 Å². The van der Waals surface area contributed by atoms with Gasteiger partial charge in [-0.3, -0.25) is 9.69 Å². The number of nitrogens with one attached hydrogen (secondary N) is 1. The van der Waals surface area contributed by atoms with Gasteiger partial charge in [-0.2, -0.15) is 11.8 Å². The van der Waals surface area contributed by atoms with Crippen LogP contribution in [0.5, 0.6) is 5.75 Å². The van der Waals surface area contributed by atoms with Gasteiger partial charge in [0, 0.05) is 53.5 Å². The maximum atomic E-state index is 12.4. The predicted molar refractivity (Wildman–Crippen MR) is 126 cm³/mol. The molecule has 2 heterocycles. The molecule has 0 bridgehead atoms. The average molecular weight is 441 g/mol. The van der Waals surface area contributed by atoms with Gasteiger partial charge in [0.25, 0.3) is 0 Å². The van der Waals surface area contributed by atoms with Crippen LogP contribution in [0.1, 0.15) is 16.7 Å². The van der Waals surface area contributed by atoms with Gasteiger partial charge in [0.2, 0.25) is 5.91 Å². The molecule has 1 N–H and O–H groups in total. The number of halogens is 1. The fourth-order valence-electron chi connectivity index (χ4n) is 3.60. The lowest BCUT2D eigenvalue weighted by Crippen LogP contribution is -2.31. The Morgan fingerprint density at radius 2 is 2.07 bits per heavy atom. The van der Waals surface area contributed by atoms with Gasteiger partial charge in [-0.1, -0.05) is 29.8 Å². The number of fused-ring (bicyclic) bond motifs is 1. The summed E-state index contributed by atoms with van der Waals surface area (Å²) in [5.41, 5.74) is 5.05.